The lowest BCUT2D eigenvalue weighted by molar-refractivity contribution is 0.0956. The van der Waals surface area contributed by atoms with E-state index in [1.54, 1.807) is 6.07 Å². The Morgan fingerprint density at radius 1 is 1.47 bits per heavy atom. The maximum Gasteiger partial charge on any atom is 0.261 e. The molecule has 0 spiro atoms. The van der Waals surface area contributed by atoms with E-state index in [9.17, 15) is 4.79 Å². The van der Waals surface area contributed by atoms with E-state index in [0.717, 1.165) is 30.8 Å². The van der Waals surface area contributed by atoms with Gasteiger partial charge < -0.3 is 16.0 Å². The highest BCUT2D eigenvalue weighted by atomic mass is 32.1. The molecule has 0 aliphatic carbocycles. The standard InChI is InChI=1S/C14H25N3OS/c1-10(2)17(4)8-6-5-7-16-14(18)13-9-12(15)11(3)19-13/h9-10H,5-8,15H2,1-4H3,(H,16,18). The van der Waals surface area contributed by atoms with Crippen molar-refractivity contribution in [3.05, 3.63) is 15.8 Å². The van der Waals surface area contributed by atoms with Gasteiger partial charge in [-0.1, -0.05) is 0 Å². The number of hydrogen-bond acceptors (Lipinski definition) is 4. The van der Waals surface area contributed by atoms with Gasteiger partial charge in [-0.3, -0.25) is 4.79 Å². The molecule has 0 aliphatic heterocycles. The summed E-state index contributed by atoms with van der Waals surface area (Å²) in [5.74, 6) is -0.0120. The number of nitrogens with zero attached hydrogens (tertiary/aromatic N) is 1. The van der Waals surface area contributed by atoms with Crippen LogP contribution in [0.2, 0.25) is 0 Å². The van der Waals surface area contributed by atoms with E-state index in [1.165, 1.54) is 11.3 Å². The lowest BCUT2D eigenvalue weighted by atomic mass is 10.2. The molecule has 0 radical (unpaired) electrons. The predicted octanol–water partition coefficient (Wildman–Crippen LogP) is 2.49. The van der Waals surface area contributed by atoms with Gasteiger partial charge in [-0.2, -0.15) is 0 Å². The molecule has 0 aliphatic rings. The van der Waals surface area contributed by atoms with E-state index < -0.39 is 0 Å². The van der Waals surface area contributed by atoms with E-state index in [1.807, 2.05) is 6.92 Å². The molecule has 3 N–H and O–H groups in total. The summed E-state index contributed by atoms with van der Waals surface area (Å²) in [6, 6.07) is 2.33. The summed E-state index contributed by atoms with van der Waals surface area (Å²) in [5.41, 5.74) is 6.44. The molecule has 1 heterocycles. The van der Waals surface area contributed by atoms with Crippen molar-refractivity contribution in [1.29, 1.82) is 0 Å². The molecule has 108 valence electrons. The van der Waals surface area contributed by atoms with Crippen LogP contribution in [0.15, 0.2) is 6.07 Å². The van der Waals surface area contributed by atoms with Crippen LogP contribution in [-0.4, -0.2) is 37.0 Å². The molecule has 1 rings (SSSR count). The molecule has 1 aromatic rings. The Morgan fingerprint density at radius 3 is 2.68 bits per heavy atom. The van der Waals surface area contributed by atoms with Gasteiger partial charge in [0.05, 0.1) is 4.88 Å². The molecule has 4 nitrogen and oxygen atoms in total. The lowest BCUT2D eigenvalue weighted by Gasteiger charge is -2.20. The maximum absolute atomic E-state index is 11.8. The Bertz CT molecular complexity index is 395. The minimum atomic E-state index is -0.0120. The van der Waals surface area contributed by atoms with Gasteiger partial charge in [0.15, 0.2) is 0 Å². The minimum Gasteiger partial charge on any atom is -0.398 e. The number of hydrogen-bond donors (Lipinski definition) is 2. The highest BCUT2D eigenvalue weighted by molar-refractivity contribution is 7.14. The Balaban J connectivity index is 2.21. The van der Waals surface area contributed by atoms with Crippen molar-refractivity contribution >= 4 is 22.9 Å². The Hall–Kier alpha value is -1.07. The molecule has 1 aromatic heterocycles. The molecule has 0 atom stereocenters. The molecule has 0 bridgehead atoms. The molecule has 5 heteroatoms. The van der Waals surface area contributed by atoms with Gasteiger partial charge in [0, 0.05) is 23.2 Å². The number of nitrogens with one attached hydrogen (secondary N) is 1. The van der Waals surface area contributed by atoms with Crippen LogP contribution in [0.5, 0.6) is 0 Å². The van der Waals surface area contributed by atoms with Crippen molar-refractivity contribution in [2.24, 2.45) is 0 Å². The smallest absolute Gasteiger partial charge is 0.261 e. The average Bonchev–Trinajstić information content (AvgIpc) is 2.68. The molecular weight excluding hydrogens is 258 g/mol. The molecule has 19 heavy (non-hydrogen) atoms. The number of carbonyl (C=O) groups is 1. The molecule has 1 amide bonds. The Labute approximate surface area is 120 Å². The number of aryl methyl sites for hydroxylation is 1. The molecule has 0 unspecified atom stereocenters. The second-order valence-corrected chi connectivity index (χ2v) is 6.42. The van der Waals surface area contributed by atoms with Crippen LogP contribution in [0.25, 0.3) is 0 Å². The topological polar surface area (TPSA) is 58.4 Å². The van der Waals surface area contributed by atoms with E-state index in [0.29, 0.717) is 16.6 Å². The molecule has 0 aromatic carbocycles. The first kappa shape index (κ1) is 16.0. The second-order valence-electron chi connectivity index (χ2n) is 5.16. The maximum atomic E-state index is 11.8. The summed E-state index contributed by atoms with van der Waals surface area (Å²) in [6.07, 6.45) is 2.10. The summed E-state index contributed by atoms with van der Waals surface area (Å²) in [7, 11) is 2.13. The number of anilines is 1. The van der Waals surface area contributed by atoms with Crippen LogP contribution in [0.3, 0.4) is 0 Å². The largest absolute Gasteiger partial charge is 0.398 e. The van der Waals surface area contributed by atoms with Crippen LogP contribution >= 0.6 is 11.3 Å². The normalized spacial score (nSPS) is 11.3. The molecule has 0 fully saturated rings. The van der Waals surface area contributed by atoms with Gasteiger partial charge in [-0.05, 0) is 53.3 Å². The van der Waals surface area contributed by atoms with Crippen LogP contribution in [0.1, 0.15) is 41.2 Å². The van der Waals surface area contributed by atoms with Crippen molar-refractivity contribution in [1.82, 2.24) is 10.2 Å². The first-order valence-corrected chi connectivity index (χ1v) is 7.57. The van der Waals surface area contributed by atoms with E-state index in [-0.39, 0.29) is 5.91 Å². The summed E-state index contributed by atoms with van der Waals surface area (Å²) in [4.78, 5) is 15.9. The summed E-state index contributed by atoms with van der Waals surface area (Å²) in [5, 5.41) is 2.94. The fraction of sp³-hybridized carbons (Fsp3) is 0.643. The zero-order valence-corrected chi connectivity index (χ0v) is 13.1. The van der Waals surface area contributed by atoms with Crippen molar-refractivity contribution in [3.63, 3.8) is 0 Å². The summed E-state index contributed by atoms with van der Waals surface area (Å²) >= 11 is 1.45. The van der Waals surface area contributed by atoms with Gasteiger partial charge >= 0.3 is 0 Å². The predicted molar refractivity (Wildman–Crippen MR) is 82.8 cm³/mol. The van der Waals surface area contributed by atoms with Crippen LogP contribution in [0, 0.1) is 6.92 Å². The molecular formula is C14H25N3OS. The van der Waals surface area contributed by atoms with E-state index in [4.69, 9.17) is 5.73 Å². The quantitative estimate of drug-likeness (QED) is 0.756. The third kappa shape index (κ3) is 5.20. The van der Waals surface area contributed by atoms with Gasteiger partial charge in [0.25, 0.3) is 5.91 Å². The first-order valence-electron chi connectivity index (χ1n) is 6.76. The zero-order chi connectivity index (χ0) is 14.4. The Morgan fingerprint density at radius 2 is 2.16 bits per heavy atom. The lowest BCUT2D eigenvalue weighted by Crippen LogP contribution is -2.28. The molecule has 0 saturated heterocycles. The minimum absolute atomic E-state index is 0.0120. The third-order valence-corrected chi connectivity index (χ3v) is 4.35. The van der Waals surface area contributed by atoms with E-state index >= 15 is 0 Å². The van der Waals surface area contributed by atoms with Gasteiger partial charge in [0.2, 0.25) is 0 Å². The number of unbranched alkanes of at least 4 members (excludes halogenated alkanes) is 1. The van der Waals surface area contributed by atoms with Crippen LogP contribution in [-0.2, 0) is 0 Å². The fourth-order valence-electron chi connectivity index (χ4n) is 1.64. The zero-order valence-electron chi connectivity index (χ0n) is 12.3. The van der Waals surface area contributed by atoms with Gasteiger partial charge in [0.1, 0.15) is 0 Å². The summed E-state index contributed by atoms with van der Waals surface area (Å²) < 4.78 is 0. The molecule has 0 saturated carbocycles. The van der Waals surface area contributed by atoms with Gasteiger partial charge in [-0.15, -0.1) is 11.3 Å². The van der Waals surface area contributed by atoms with Crippen molar-refractivity contribution in [3.8, 4) is 0 Å². The van der Waals surface area contributed by atoms with E-state index in [2.05, 4.69) is 31.1 Å². The number of carbonyl (C=O) groups excluding carboxylic acids is 1. The van der Waals surface area contributed by atoms with Crippen LogP contribution < -0.4 is 11.1 Å². The number of rotatable bonds is 7. The van der Waals surface area contributed by atoms with Crippen molar-refractivity contribution in [2.45, 2.75) is 39.7 Å². The van der Waals surface area contributed by atoms with Crippen LogP contribution in [0.4, 0.5) is 5.69 Å². The second kappa shape index (κ2) is 7.50. The highest BCUT2D eigenvalue weighted by Gasteiger charge is 2.10. The number of nitrogen functional groups attached to an aromatic ring is 1. The SMILES string of the molecule is Cc1sc(C(=O)NCCCCN(C)C(C)C)cc1N. The average molecular weight is 283 g/mol. The van der Waals surface area contributed by atoms with Gasteiger partial charge in [-0.25, -0.2) is 0 Å². The fourth-order valence-corrected chi connectivity index (χ4v) is 2.50. The third-order valence-electron chi connectivity index (χ3n) is 3.28. The highest BCUT2D eigenvalue weighted by Crippen LogP contribution is 2.23. The number of amides is 1. The monoisotopic (exact) mass is 283 g/mol. The first-order chi connectivity index (χ1) is 8.91. The van der Waals surface area contributed by atoms with Crippen molar-refractivity contribution < 1.29 is 4.79 Å². The Kier molecular flexibility index (Phi) is 6.31. The summed E-state index contributed by atoms with van der Waals surface area (Å²) in [6.45, 7) is 8.09. The number of nitrogens with two attached hydrogens (primary N) is 1. The number of thiophene rings is 1. The van der Waals surface area contributed by atoms with Crippen molar-refractivity contribution in [2.75, 3.05) is 25.9 Å².